The van der Waals surface area contributed by atoms with Crippen LogP contribution in [-0.4, -0.2) is 40.0 Å². The molecule has 1 aromatic rings. The Kier molecular flexibility index (Phi) is 6.57. The third-order valence-electron chi connectivity index (χ3n) is 1.65. The summed E-state index contributed by atoms with van der Waals surface area (Å²) in [6.45, 7) is 1.90. The van der Waals surface area contributed by atoms with E-state index in [2.05, 4.69) is 0 Å². The van der Waals surface area contributed by atoms with Gasteiger partial charge in [-0.15, -0.1) is 0 Å². The van der Waals surface area contributed by atoms with Gasteiger partial charge in [-0.25, -0.2) is 14.4 Å². The SMILES string of the molecule is CCOC(=O)c1ccccc1C(=O)O.O=C(O)O. The molecular weight excluding hydrogens is 244 g/mol. The second-order valence-corrected chi connectivity index (χ2v) is 2.85. The lowest BCUT2D eigenvalue weighted by Crippen LogP contribution is -2.11. The number of ether oxygens (including phenoxy) is 1. The molecule has 0 unspecified atom stereocenters. The number of hydrogen-bond acceptors (Lipinski definition) is 4. The molecular formula is C11H12O7. The Labute approximate surface area is 102 Å². The van der Waals surface area contributed by atoms with Crippen LogP contribution in [0.2, 0.25) is 0 Å². The van der Waals surface area contributed by atoms with Crippen molar-refractivity contribution in [3.8, 4) is 0 Å². The van der Waals surface area contributed by atoms with Gasteiger partial charge in [-0.05, 0) is 19.1 Å². The van der Waals surface area contributed by atoms with Crippen molar-refractivity contribution in [3.05, 3.63) is 35.4 Å². The molecule has 0 saturated heterocycles. The monoisotopic (exact) mass is 256 g/mol. The highest BCUT2D eigenvalue weighted by Crippen LogP contribution is 2.09. The summed E-state index contributed by atoms with van der Waals surface area (Å²) in [7, 11) is 0. The molecule has 0 aliphatic heterocycles. The minimum absolute atomic E-state index is 0.0362. The highest BCUT2D eigenvalue weighted by atomic mass is 16.6. The number of carbonyl (C=O) groups is 3. The van der Waals surface area contributed by atoms with Gasteiger partial charge in [-0.2, -0.15) is 0 Å². The van der Waals surface area contributed by atoms with Gasteiger partial charge < -0.3 is 20.1 Å². The highest BCUT2D eigenvalue weighted by molar-refractivity contribution is 6.02. The fourth-order valence-corrected chi connectivity index (χ4v) is 1.06. The van der Waals surface area contributed by atoms with E-state index in [0.717, 1.165) is 0 Å². The second-order valence-electron chi connectivity index (χ2n) is 2.85. The molecule has 0 spiro atoms. The third-order valence-corrected chi connectivity index (χ3v) is 1.65. The first-order chi connectivity index (χ1) is 8.40. The lowest BCUT2D eigenvalue weighted by molar-refractivity contribution is 0.0514. The first-order valence-electron chi connectivity index (χ1n) is 4.81. The first kappa shape index (κ1) is 15.4. The van der Waals surface area contributed by atoms with Crippen LogP contribution in [0, 0.1) is 0 Å². The van der Waals surface area contributed by atoms with Crippen molar-refractivity contribution < 1.29 is 34.4 Å². The Morgan fingerprint density at radius 1 is 1.06 bits per heavy atom. The molecule has 1 aromatic carbocycles. The zero-order valence-corrected chi connectivity index (χ0v) is 9.49. The molecule has 0 aliphatic carbocycles. The normalized spacial score (nSPS) is 8.72. The predicted molar refractivity (Wildman–Crippen MR) is 60.0 cm³/mol. The summed E-state index contributed by atoms with van der Waals surface area (Å²) in [6.07, 6.45) is -1.83. The van der Waals surface area contributed by atoms with E-state index in [1.54, 1.807) is 19.1 Å². The number of carbonyl (C=O) groups excluding carboxylic acids is 1. The van der Waals surface area contributed by atoms with Crippen molar-refractivity contribution in [2.75, 3.05) is 6.61 Å². The number of carboxylic acids is 1. The Morgan fingerprint density at radius 3 is 1.89 bits per heavy atom. The molecule has 0 saturated carbocycles. The van der Waals surface area contributed by atoms with E-state index < -0.39 is 18.1 Å². The van der Waals surface area contributed by atoms with Gasteiger partial charge >= 0.3 is 18.1 Å². The maximum atomic E-state index is 11.3. The van der Waals surface area contributed by atoms with Gasteiger partial charge in [-0.1, -0.05) is 12.1 Å². The Bertz CT molecular complexity index is 435. The van der Waals surface area contributed by atoms with Crippen molar-refractivity contribution in [2.24, 2.45) is 0 Å². The topological polar surface area (TPSA) is 121 Å². The van der Waals surface area contributed by atoms with Crippen LogP contribution < -0.4 is 0 Å². The van der Waals surface area contributed by atoms with Gasteiger partial charge in [-0.3, -0.25) is 0 Å². The van der Waals surface area contributed by atoms with Crippen molar-refractivity contribution in [3.63, 3.8) is 0 Å². The summed E-state index contributed by atoms with van der Waals surface area (Å²) in [6, 6.07) is 5.96. The molecule has 18 heavy (non-hydrogen) atoms. The molecule has 0 atom stereocenters. The number of carboxylic acid groups (broad SMARTS) is 3. The molecule has 98 valence electrons. The summed E-state index contributed by atoms with van der Waals surface area (Å²) >= 11 is 0. The van der Waals surface area contributed by atoms with E-state index in [-0.39, 0.29) is 17.7 Å². The molecule has 0 aromatic heterocycles. The molecule has 7 heteroatoms. The van der Waals surface area contributed by atoms with Crippen LogP contribution in [0.1, 0.15) is 27.6 Å². The average Bonchev–Trinajstić information content (AvgIpc) is 2.28. The predicted octanol–water partition coefficient (Wildman–Crippen LogP) is 1.78. The van der Waals surface area contributed by atoms with Crippen molar-refractivity contribution >= 4 is 18.1 Å². The molecule has 0 fully saturated rings. The number of aromatic carboxylic acids is 1. The highest BCUT2D eigenvalue weighted by Gasteiger charge is 2.15. The first-order valence-corrected chi connectivity index (χ1v) is 4.81. The summed E-state index contributed by atoms with van der Waals surface area (Å²) in [5.41, 5.74) is 0.0489. The maximum Gasteiger partial charge on any atom is 0.503 e. The number of rotatable bonds is 3. The van der Waals surface area contributed by atoms with Crippen molar-refractivity contribution in [1.82, 2.24) is 0 Å². The van der Waals surface area contributed by atoms with Crippen LogP contribution in [0.15, 0.2) is 24.3 Å². The van der Waals surface area contributed by atoms with Crippen LogP contribution in [0.25, 0.3) is 0 Å². The molecule has 0 bridgehead atoms. The van der Waals surface area contributed by atoms with Gasteiger partial charge in [0.15, 0.2) is 0 Å². The summed E-state index contributed by atoms with van der Waals surface area (Å²) in [4.78, 5) is 30.6. The quantitative estimate of drug-likeness (QED) is 0.704. The number of benzene rings is 1. The average molecular weight is 256 g/mol. The summed E-state index contributed by atoms with van der Waals surface area (Å²) in [5.74, 6) is -1.74. The zero-order valence-electron chi connectivity index (χ0n) is 9.49. The Hall–Kier alpha value is -2.57. The minimum Gasteiger partial charge on any atom is -0.478 e. The van der Waals surface area contributed by atoms with E-state index >= 15 is 0 Å². The molecule has 0 heterocycles. The van der Waals surface area contributed by atoms with Crippen molar-refractivity contribution in [1.29, 1.82) is 0 Å². The van der Waals surface area contributed by atoms with Gasteiger partial charge in [0.05, 0.1) is 17.7 Å². The summed E-state index contributed by atoms with van der Waals surface area (Å²) < 4.78 is 4.72. The number of hydrogen-bond donors (Lipinski definition) is 3. The molecule has 0 aliphatic rings. The maximum absolute atomic E-state index is 11.3. The van der Waals surface area contributed by atoms with Crippen LogP contribution >= 0.6 is 0 Å². The van der Waals surface area contributed by atoms with E-state index in [1.165, 1.54) is 12.1 Å². The zero-order chi connectivity index (χ0) is 14.1. The van der Waals surface area contributed by atoms with Crippen LogP contribution in [-0.2, 0) is 4.74 Å². The standard InChI is InChI=1S/C10H10O4.CH2O3/c1-2-14-10(13)8-6-4-3-5-7(8)9(11)12;2-1(3)4/h3-6H,2H2,1H3,(H,11,12);(H2,2,3,4). The van der Waals surface area contributed by atoms with E-state index in [0.29, 0.717) is 0 Å². The van der Waals surface area contributed by atoms with Gasteiger partial charge in [0, 0.05) is 0 Å². The van der Waals surface area contributed by atoms with Gasteiger partial charge in [0.2, 0.25) is 0 Å². The third kappa shape index (κ3) is 5.50. The minimum atomic E-state index is -1.83. The Balaban J connectivity index is 0.000000631. The summed E-state index contributed by atoms with van der Waals surface area (Å²) in [5, 5.41) is 22.7. The molecule has 0 amide bonds. The van der Waals surface area contributed by atoms with E-state index in [9.17, 15) is 9.59 Å². The van der Waals surface area contributed by atoms with E-state index in [1.807, 2.05) is 0 Å². The lowest BCUT2D eigenvalue weighted by atomic mass is 10.1. The van der Waals surface area contributed by atoms with Crippen LogP contribution in [0.4, 0.5) is 4.79 Å². The fourth-order valence-electron chi connectivity index (χ4n) is 1.06. The molecule has 7 nitrogen and oxygen atoms in total. The van der Waals surface area contributed by atoms with Crippen molar-refractivity contribution in [2.45, 2.75) is 6.92 Å². The van der Waals surface area contributed by atoms with Crippen LogP contribution in [0.5, 0.6) is 0 Å². The Morgan fingerprint density at radius 2 is 1.50 bits per heavy atom. The van der Waals surface area contributed by atoms with Crippen LogP contribution in [0.3, 0.4) is 0 Å². The van der Waals surface area contributed by atoms with Gasteiger partial charge in [0.1, 0.15) is 0 Å². The van der Waals surface area contributed by atoms with Gasteiger partial charge in [0.25, 0.3) is 0 Å². The lowest BCUT2D eigenvalue weighted by Gasteiger charge is -2.04. The molecule has 0 radical (unpaired) electrons. The second kappa shape index (κ2) is 7.66. The van der Waals surface area contributed by atoms with E-state index in [4.69, 9.17) is 24.9 Å². The molecule has 3 N–H and O–H groups in total. The smallest absolute Gasteiger partial charge is 0.478 e. The molecule has 1 rings (SSSR count). The number of esters is 1. The largest absolute Gasteiger partial charge is 0.503 e. The fraction of sp³-hybridized carbons (Fsp3) is 0.182.